The maximum atomic E-state index is 12.5. The zero-order valence-corrected chi connectivity index (χ0v) is 23.2. The molecule has 2 aromatic carbocycles. The van der Waals surface area contributed by atoms with E-state index in [2.05, 4.69) is 31.1 Å². The number of halogens is 3. The van der Waals surface area contributed by atoms with E-state index in [9.17, 15) is 8.42 Å². The first-order chi connectivity index (χ1) is 17.3. The number of benzene rings is 2. The highest BCUT2D eigenvalue weighted by Crippen LogP contribution is 2.30. The molecule has 2 N–H and O–H groups in total. The van der Waals surface area contributed by atoms with Crippen LogP contribution in [0, 0.1) is 0 Å². The fraction of sp³-hybridized carbons (Fsp3) is 0.0833. The van der Waals surface area contributed by atoms with Crippen LogP contribution in [0.2, 0.25) is 9.36 Å². The smallest absolute Gasteiger partial charge is 0.250 e. The lowest BCUT2D eigenvalue weighted by atomic mass is 10.1. The van der Waals surface area contributed by atoms with E-state index in [4.69, 9.17) is 28.2 Å². The molecule has 5 rings (SSSR count). The van der Waals surface area contributed by atoms with Crippen LogP contribution in [-0.4, -0.2) is 23.0 Å². The molecule has 0 saturated heterocycles. The average Bonchev–Trinajstić information content (AvgIpc) is 3.48. The van der Waals surface area contributed by atoms with Crippen molar-refractivity contribution < 1.29 is 8.42 Å². The summed E-state index contributed by atoms with van der Waals surface area (Å²) in [4.78, 5) is 4.73. The third-order valence-corrected chi connectivity index (χ3v) is 9.34. The van der Waals surface area contributed by atoms with Crippen LogP contribution in [0.5, 0.6) is 0 Å². The molecule has 0 unspecified atom stereocenters. The summed E-state index contributed by atoms with van der Waals surface area (Å²) in [6.07, 6.45) is 1.69. The summed E-state index contributed by atoms with van der Waals surface area (Å²) in [5.74, 6) is 0.737. The monoisotopic (exact) mass is 621 g/mol. The molecule has 0 aliphatic rings. The summed E-state index contributed by atoms with van der Waals surface area (Å²) in [7, 11) is -3.63. The Kier molecular flexibility index (Phi) is 7.34. The minimum Gasteiger partial charge on any atom is -0.366 e. The molecule has 0 amide bonds. The predicted molar refractivity (Wildman–Crippen MR) is 148 cm³/mol. The van der Waals surface area contributed by atoms with E-state index in [0.717, 1.165) is 38.3 Å². The van der Waals surface area contributed by atoms with Gasteiger partial charge in [0, 0.05) is 29.7 Å². The van der Waals surface area contributed by atoms with Gasteiger partial charge in [0.25, 0.3) is 0 Å². The van der Waals surface area contributed by atoms with E-state index in [1.807, 2.05) is 54.6 Å². The van der Waals surface area contributed by atoms with E-state index in [-0.39, 0.29) is 10.8 Å². The van der Waals surface area contributed by atoms with Crippen LogP contribution in [0.25, 0.3) is 16.9 Å². The molecule has 3 aromatic heterocycles. The van der Waals surface area contributed by atoms with E-state index in [1.165, 1.54) is 6.07 Å². The molecule has 5 aromatic rings. The molecular weight excluding hydrogens is 605 g/mol. The summed E-state index contributed by atoms with van der Waals surface area (Å²) < 4.78 is 30.7. The predicted octanol–water partition coefficient (Wildman–Crippen LogP) is 6.62. The Balaban J connectivity index is 1.35. The highest BCUT2D eigenvalue weighted by Gasteiger charge is 2.17. The number of thiophene rings is 1. The van der Waals surface area contributed by atoms with Gasteiger partial charge in [-0.3, -0.25) is 0 Å². The number of hydrogen-bond acceptors (Lipinski definition) is 6. The standard InChI is InChI=1S/C24H18BrCl2N5O2S2/c25-18-14-29-32-22(11-20(31-24(18)32)17-6-1-2-7-19(17)26)28-12-15-4-3-5-16(10-15)13-30-36(33,34)23-9-8-21(27)35-23/h1-11,14,28,30H,12-13H2. The number of fused-ring (bicyclic) bond motifs is 1. The van der Waals surface area contributed by atoms with E-state index in [1.54, 1.807) is 16.8 Å². The number of sulfonamides is 1. The molecule has 0 fully saturated rings. The lowest BCUT2D eigenvalue weighted by Crippen LogP contribution is -2.22. The first-order valence-electron chi connectivity index (χ1n) is 10.7. The Labute approximate surface area is 230 Å². The molecule has 12 heteroatoms. The number of nitrogens with one attached hydrogen (secondary N) is 2. The molecule has 3 heterocycles. The summed E-state index contributed by atoms with van der Waals surface area (Å²) in [5.41, 5.74) is 4.00. The first-order valence-corrected chi connectivity index (χ1v) is 14.5. The van der Waals surface area contributed by atoms with Crippen molar-refractivity contribution in [1.82, 2.24) is 19.3 Å². The third kappa shape index (κ3) is 5.44. The molecule has 0 saturated carbocycles. The number of nitrogens with zero attached hydrogens (tertiary/aromatic N) is 3. The van der Waals surface area contributed by atoms with E-state index < -0.39 is 10.0 Å². The van der Waals surface area contributed by atoms with Gasteiger partial charge in [-0.05, 0) is 45.3 Å². The van der Waals surface area contributed by atoms with Crippen molar-refractivity contribution in [1.29, 1.82) is 0 Å². The zero-order valence-electron chi connectivity index (χ0n) is 18.5. The molecule has 0 bridgehead atoms. The van der Waals surface area contributed by atoms with Crippen molar-refractivity contribution in [2.75, 3.05) is 5.32 Å². The van der Waals surface area contributed by atoms with Crippen LogP contribution in [0.15, 0.2) is 81.6 Å². The van der Waals surface area contributed by atoms with Crippen molar-refractivity contribution in [3.8, 4) is 11.3 Å². The largest absolute Gasteiger partial charge is 0.366 e. The minimum absolute atomic E-state index is 0.161. The normalized spacial score (nSPS) is 11.8. The van der Waals surface area contributed by atoms with Gasteiger partial charge in [0.2, 0.25) is 10.0 Å². The van der Waals surface area contributed by atoms with Crippen LogP contribution in [0.4, 0.5) is 5.82 Å². The summed E-state index contributed by atoms with van der Waals surface area (Å²) in [6, 6.07) is 20.2. The second-order valence-corrected chi connectivity index (χ2v) is 12.8. The molecule has 0 aliphatic carbocycles. The van der Waals surface area contributed by atoms with Crippen molar-refractivity contribution in [3.05, 3.63) is 97.9 Å². The fourth-order valence-electron chi connectivity index (χ4n) is 3.60. The Morgan fingerprint density at radius 2 is 1.75 bits per heavy atom. The van der Waals surface area contributed by atoms with Crippen LogP contribution in [-0.2, 0) is 23.1 Å². The fourth-order valence-corrected chi connectivity index (χ4v) is 6.73. The van der Waals surface area contributed by atoms with Gasteiger partial charge < -0.3 is 5.32 Å². The maximum absolute atomic E-state index is 12.5. The summed E-state index contributed by atoms with van der Waals surface area (Å²) in [6.45, 7) is 0.646. The minimum atomic E-state index is -3.63. The van der Waals surface area contributed by atoms with Crippen LogP contribution in [0.1, 0.15) is 11.1 Å². The number of anilines is 1. The van der Waals surface area contributed by atoms with Gasteiger partial charge in [-0.25, -0.2) is 18.1 Å². The molecule has 184 valence electrons. The quantitative estimate of drug-likeness (QED) is 0.203. The average molecular weight is 623 g/mol. The Morgan fingerprint density at radius 3 is 2.50 bits per heavy atom. The lowest BCUT2D eigenvalue weighted by Gasteiger charge is -2.12. The van der Waals surface area contributed by atoms with E-state index >= 15 is 0 Å². The van der Waals surface area contributed by atoms with Crippen LogP contribution in [0.3, 0.4) is 0 Å². The van der Waals surface area contributed by atoms with Crippen molar-refractivity contribution >= 4 is 72.0 Å². The summed E-state index contributed by atoms with van der Waals surface area (Å²) >= 11 is 16.8. The molecule has 0 atom stereocenters. The Bertz CT molecular complexity index is 1670. The second-order valence-electron chi connectivity index (χ2n) is 7.79. The highest BCUT2D eigenvalue weighted by molar-refractivity contribution is 9.10. The Hall–Kier alpha value is -2.47. The van der Waals surface area contributed by atoms with Gasteiger partial charge in [0.05, 0.1) is 20.7 Å². The lowest BCUT2D eigenvalue weighted by molar-refractivity contribution is 0.583. The number of aromatic nitrogens is 3. The van der Waals surface area contributed by atoms with Crippen molar-refractivity contribution in [2.24, 2.45) is 0 Å². The molecule has 0 aliphatic heterocycles. The zero-order chi connectivity index (χ0) is 25.3. The van der Waals surface area contributed by atoms with Crippen LogP contribution >= 0.6 is 50.5 Å². The molecule has 0 radical (unpaired) electrons. The van der Waals surface area contributed by atoms with Gasteiger partial charge in [-0.15, -0.1) is 11.3 Å². The van der Waals surface area contributed by atoms with Gasteiger partial charge in [-0.1, -0.05) is 65.7 Å². The first kappa shape index (κ1) is 25.2. The number of hydrogen-bond donors (Lipinski definition) is 2. The SMILES string of the molecule is O=S(=O)(NCc1cccc(CNc2cc(-c3ccccc3Cl)nc3c(Br)cnn23)c1)c1ccc(Cl)s1. The number of rotatable bonds is 8. The Morgan fingerprint density at radius 1 is 0.972 bits per heavy atom. The second kappa shape index (κ2) is 10.5. The maximum Gasteiger partial charge on any atom is 0.250 e. The summed E-state index contributed by atoms with van der Waals surface area (Å²) in [5, 5.41) is 8.45. The van der Waals surface area contributed by atoms with Crippen LogP contribution < -0.4 is 10.0 Å². The van der Waals surface area contributed by atoms with Gasteiger partial charge >= 0.3 is 0 Å². The molecular formula is C24H18BrCl2N5O2S2. The molecule has 36 heavy (non-hydrogen) atoms. The van der Waals surface area contributed by atoms with Gasteiger partial charge in [-0.2, -0.15) is 9.61 Å². The third-order valence-electron chi connectivity index (χ3n) is 5.32. The topological polar surface area (TPSA) is 88.4 Å². The molecule has 7 nitrogen and oxygen atoms in total. The van der Waals surface area contributed by atoms with Gasteiger partial charge in [0.1, 0.15) is 10.0 Å². The molecule has 0 spiro atoms. The van der Waals surface area contributed by atoms with Crippen molar-refractivity contribution in [2.45, 2.75) is 17.3 Å². The van der Waals surface area contributed by atoms with Crippen molar-refractivity contribution in [3.63, 3.8) is 0 Å². The highest BCUT2D eigenvalue weighted by atomic mass is 79.9. The van der Waals surface area contributed by atoms with E-state index in [0.29, 0.717) is 27.2 Å². The van der Waals surface area contributed by atoms with Gasteiger partial charge in [0.15, 0.2) is 5.65 Å².